The molecule has 0 atom stereocenters. The third kappa shape index (κ3) is 3.06. The van der Waals surface area contributed by atoms with Crippen molar-refractivity contribution in [3.05, 3.63) is 35.7 Å². The van der Waals surface area contributed by atoms with E-state index in [4.69, 9.17) is 9.57 Å². The molecule has 0 radical (unpaired) electrons. The van der Waals surface area contributed by atoms with Crippen LogP contribution < -0.4 is 10.1 Å². The van der Waals surface area contributed by atoms with Gasteiger partial charge in [0.15, 0.2) is 11.5 Å². The second-order valence-electron chi connectivity index (χ2n) is 4.49. The molecule has 1 aromatic heterocycles. The number of para-hydroxylation sites is 1. The lowest BCUT2D eigenvalue weighted by Gasteiger charge is -2.11. The van der Waals surface area contributed by atoms with Crippen LogP contribution in [0.3, 0.4) is 0 Å². The fourth-order valence-corrected chi connectivity index (χ4v) is 2.58. The third-order valence-electron chi connectivity index (χ3n) is 2.93. The smallest absolute Gasteiger partial charge is 0.298 e. The first-order valence-corrected chi connectivity index (χ1v) is 7.52. The molecule has 0 saturated heterocycles. The molecule has 0 fully saturated rings. The van der Waals surface area contributed by atoms with Crippen molar-refractivity contribution in [3.63, 3.8) is 0 Å². The fourth-order valence-electron chi connectivity index (χ4n) is 2.03. The van der Waals surface area contributed by atoms with Crippen molar-refractivity contribution in [1.82, 2.24) is 14.7 Å². The van der Waals surface area contributed by atoms with Gasteiger partial charge >= 0.3 is 0 Å². The maximum Gasteiger partial charge on any atom is 0.298 e. The maximum absolute atomic E-state index is 5.84. The minimum absolute atomic E-state index is 0.489. The monoisotopic (exact) mass is 317 g/mol. The van der Waals surface area contributed by atoms with Crippen LogP contribution in [0.1, 0.15) is 11.4 Å². The van der Waals surface area contributed by atoms with E-state index in [0.717, 1.165) is 18.7 Å². The summed E-state index contributed by atoms with van der Waals surface area (Å²) in [6.07, 6.45) is 0. The number of benzene rings is 1. The van der Waals surface area contributed by atoms with Crippen molar-refractivity contribution in [1.29, 1.82) is 0 Å². The molecule has 1 aliphatic heterocycles. The van der Waals surface area contributed by atoms with E-state index in [2.05, 4.69) is 24.8 Å². The third-order valence-corrected chi connectivity index (χ3v) is 3.62. The van der Waals surface area contributed by atoms with Crippen LogP contribution >= 0.6 is 11.5 Å². The Kier molecular flexibility index (Phi) is 4.29. The Morgan fingerprint density at radius 2 is 2.23 bits per heavy atom. The van der Waals surface area contributed by atoms with E-state index in [1.807, 2.05) is 31.2 Å². The average molecular weight is 317 g/mol. The molecule has 2 aromatic rings. The number of ether oxygens (including phenoxy) is 1. The van der Waals surface area contributed by atoms with Gasteiger partial charge < -0.3 is 14.9 Å². The minimum atomic E-state index is 0.489. The zero-order valence-electron chi connectivity index (χ0n) is 12.2. The predicted molar refractivity (Wildman–Crippen MR) is 85.0 cm³/mol. The summed E-state index contributed by atoms with van der Waals surface area (Å²) in [6, 6.07) is 7.56. The molecule has 1 aliphatic rings. The highest BCUT2D eigenvalue weighted by molar-refractivity contribution is 7.07. The number of aryl methyl sites for hydroxylation is 1. The van der Waals surface area contributed by atoms with Gasteiger partial charge in [0.2, 0.25) is 0 Å². The first-order valence-electron chi connectivity index (χ1n) is 6.75. The molecule has 7 nitrogen and oxygen atoms in total. The van der Waals surface area contributed by atoms with Gasteiger partial charge in [0.1, 0.15) is 18.7 Å². The summed E-state index contributed by atoms with van der Waals surface area (Å²) < 4.78 is 9.96. The average Bonchev–Trinajstić information content (AvgIpc) is 3.18. The van der Waals surface area contributed by atoms with Crippen molar-refractivity contribution in [3.8, 4) is 10.9 Å². The van der Waals surface area contributed by atoms with Crippen molar-refractivity contribution >= 4 is 23.1 Å². The Labute approximate surface area is 131 Å². The molecular formula is C14H15N5O2S. The summed E-state index contributed by atoms with van der Waals surface area (Å²) in [5, 5.41) is 7.78. The van der Waals surface area contributed by atoms with Crippen LogP contribution in [0.15, 0.2) is 34.4 Å². The maximum atomic E-state index is 5.84. The van der Waals surface area contributed by atoms with Gasteiger partial charge in [-0.2, -0.15) is 9.36 Å². The van der Waals surface area contributed by atoms with Crippen LogP contribution in [0.2, 0.25) is 0 Å². The molecule has 1 N–H and O–H groups in total. The molecule has 8 heteroatoms. The Morgan fingerprint density at radius 1 is 1.36 bits per heavy atom. The van der Waals surface area contributed by atoms with Crippen LogP contribution in [0.4, 0.5) is 0 Å². The summed E-state index contributed by atoms with van der Waals surface area (Å²) >= 11 is 1.21. The highest BCUT2D eigenvalue weighted by Crippen LogP contribution is 2.27. The Balaban J connectivity index is 1.97. The molecular weight excluding hydrogens is 302 g/mol. The van der Waals surface area contributed by atoms with Gasteiger partial charge in [0.25, 0.3) is 5.19 Å². The van der Waals surface area contributed by atoms with Gasteiger partial charge in [-0.25, -0.2) is 0 Å². The topological polar surface area (TPSA) is 81.0 Å². The van der Waals surface area contributed by atoms with Crippen LogP contribution in [0, 0.1) is 6.92 Å². The van der Waals surface area contributed by atoms with Crippen molar-refractivity contribution in [2.24, 2.45) is 10.1 Å². The van der Waals surface area contributed by atoms with Gasteiger partial charge in [0.05, 0.1) is 12.1 Å². The number of aliphatic imine (C=N–C) groups is 1. The second-order valence-corrected chi connectivity index (χ2v) is 5.20. The Hall–Kier alpha value is -2.48. The highest BCUT2D eigenvalue weighted by Gasteiger charge is 2.20. The number of amidine groups is 1. The number of hydrogen-bond donors (Lipinski definition) is 1. The molecule has 22 heavy (non-hydrogen) atoms. The van der Waals surface area contributed by atoms with Crippen LogP contribution in [0.5, 0.6) is 10.9 Å². The lowest BCUT2D eigenvalue weighted by atomic mass is 10.1. The fraction of sp³-hybridized carbons (Fsp3) is 0.286. The summed E-state index contributed by atoms with van der Waals surface area (Å²) in [5.74, 6) is 2.02. The molecule has 1 aromatic carbocycles. The van der Waals surface area contributed by atoms with E-state index in [0.29, 0.717) is 28.3 Å². The second kappa shape index (κ2) is 6.52. The summed E-state index contributed by atoms with van der Waals surface area (Å²) in [4.78, 5) is 13.6. The largest absolute Gasteiger partial charge is 0.429 e. The SMILES string of the molecule is CO/N=C(/C1=NCCN1)c1ccccc1Oc1nc(C)ns1. The number of hydrogen-bond acceptors (Lipinski definition) is 8. The molecule has 0 saturated carbocycles. The minimum Gasteiger partial charge on any atom is -0.429 e. The van der Waals surface area contributed by atoms with E-state index in [1.165, 1.54) is 18.6 Å². The summed E-state index contributed by atoms with van der Waals surface area (Å²) in [5.41, 5.74) is 1.39. The van der Waals surface area contributed by atoms with E-state index < -0.39 is 0 Å². The molecule has 0 amide bonds. The molecule has 2 heterocycles. The van der Waals surface area contributed by atoms with Crippen molar-refractivity contribution in [2.45, 2.75) is 6.92 Å². The van der Waals surface area contributed by atoms with E-state index in [1.54, 1.807) is 0 Å². The van der Waals surface area contributed by atoms with Gasteiger partial charge in [0, 0.05) is 18.1 Å². The quantitative estimate of drug-likeness (QED) is 0.674. The summed E-state index contributed by atoms with van der Waals surface area (Å²) in [7, 11) is 1.51. The number of oxime groups is 1. The summed E-state index contributed by atoms with van der Waals surface area (Å²) in [6.45, 7) is 3.33. The van der Waals surface area contributed by atoms with Gasteiger partial charge in [-0.3, -0.25) is 4.99 Å². The first-order chi connectivity index (χ1) is 10.8. The Bertz CT molecular complexity index is 726. The molecule has 114 valence electrons. The number of aromatic nitrogens is 2. The first kappa shape index (κ1) is 14.5. The normalized spacial score (nSPS) is 14.5. The van der Waals surface area contributed by atoms with Crippen LogP contribution in [-0.4, -0.2) is 41.1 Å². The molecule has 0 bridgehead atoms. The van der Waals surface area contributed by atoms with E-state index >= 15 is 0 Å². The lowest BCUT2D eigenvalue weighted by molar-refractivity contribution is 0.214. The van der Waals surface area contributed by atoms with Gasteiger partial charge in [-0.15, -0.1) is 0 Å². The molecule has 0 aliphatic carbocycles. The van der Waals surface area contributed by atoms with Crippen LogP contribution in [-0.2, 0) is 4.84 Å². The zero-order chi connectivity index (χ0) is 15.4. The highest BCUT2D eigenvalue weighted by atomic mass is 32.1. The lowest BCUT2D eigenvalue weighted by Crippen LogP contribution is -2.28. The van der Waals surface area contributed by atoms with Gasteiger partial charge in [-0.1, -0.05) is 17.3 Å². The number of nitrogens with one attached hydrogen (secondary N) is 1. The molecule has 0 unspecified atom stereocenters. The Morgan fingerprint density at radius 3 is 2.91 bits per heavy atom. The number of nitrogens with zero attached hydrogens (tertiary/aromatic N) is 4. The van der Waals surface area contributed by atoms with Crippen molar-refractivity contribution < 1.29 is 9.57 Å². The zero-order valence-corrected chi connectivity index (χ0v) is 13.1. The van der Waals surface area contributed by atoms with E-state index in [9.17, 15) is 0 Å². The standard InChI is InChI=1S/C14H15N5O2S/c1-9-17-14(22-19-9)21-11-6-4-3-5-10(11)12(18-20-2)13-15-7-8-16-13/h3-6H,7-8H2,1-2H3,(H,15,16)/b18-12+. The molecule has 3 rings (SSSR count). The number of rotatable bonds is 5. The van der Waals surface area contributed by atoms with Gasteiger partial charge in [-0.05, 0) is 19.1 Å². The van der Waals surface area contributed by atoms with Crippen LogP contribution in [0.25, 0.3) is 0 Å². The predicted octanol–water partition coefficient (Wildman–Crippen LogP) is 1.99. The molecule has 0 spiro atoms. The van der Waals surface area contributed by atoms with E-state index in [-0.39, 0.29) is 0 Å². The van der Waals surface area contributed by atoms with Crippen molar-refractivity contribution in [2.75, 3.05) is 20.2 Å².